The summed E-state index contributed by atoms with van der Waals surface area (Å²) in [6.07, 6.45) is 1.73. The first-order valence-corrected chi connectivity index (χ1v) is 10.4. The molecule has 0 aromatic heterocycles. The molecule has 1 aliphatic carbocycles. The minimum absolute atomic E-state index is 0.230. The first kappa shape index (κ1) is 19.6. The van der Waals surface area contributed by atoms with Crippen molar-refractivity contribution >= 4 is 33.8 Å². The lowest BCUT2D eigenvalue weighted by molar-refractivity contribution is -0.135. The Kier molecular flexibility index (Phi) is 5.17. The van der Waals surface area contributed by atoms with Crippen molar-refractivity contribution in [3.8, 4) is 0 Å². The topological polar surface area (TPSA) is 78.5 Å². The van der Waals surface area contributed by atoms with Crippen LogP contribution in [-0.4, -0.2) is 34.8 Å². The molecule has 1 spiro atoms. The normalized spacial score (nSPS) is 21.7. The summed E-state index contributed by atoms with van der Waals surface area (Å²) in [5.41, 5.74) is 2.28. The van der Waals surface area contributed by atoms with Crippen LogP contribution in [0.5, 0.6) is 0 Å². The van der Waals surface area contributed by atoms with E-state index in [9.17, 15) is 14.4 Å². The SMILES string of the molecule is CC(NC(=O)CN1C(=O)NC2(CCc3ccccc3C2)C1=O)c1ccc(Br)cc1. The van der Waals surface area contributed by atoms with Gasteiger partial charge in [0, 0.05) is 10.9 Å². The number of aryl methyl sites for hydroxylation is 1. The molecule has 4 amide bonds. The second kappa shape index (κ2) is 7.63. The van der Waals surface area contributed by atoms with Crippen LogP contribution in [0.25, 0.3) is 0 Å². The van der Waals surface area contributed by atoms with Gasteiger partial charge >= 0.3 is 6.03 Å². The summed E-state index contributed by atoms with van der Waals surface area (Å²) in [4.78, 5) is 39.2. The fraction of sp³-hybridized carbons (Fsp3) is 0.318. The Bertz CT molecular complexity index is 976. The molecule has 150 valence electrons. The van der Waals surface area contributed by atoms with Gasteiger partial charge in [0.15, 0.2) is 0 Å². The number of hydrogen-bond donors (Lipinski definition) is 2. The van der Waals surface area contributed by atoms with E-state index in [1.165, 1.54) is 5.56 Å². The molecule has 0 bridgehead atoms. The van der Waals surface area contributed by atoms with Crippen molar-refractivity contribution in [3.05, 3.63) is 69.7 Å². The second-order valence-corrected chi connectivity index (χ2v) is 8.61. The lowest BCUT2D eigenvalue weighted by Crippen LogP contribution is -2.51. The van der Waals surface area contributed by atoms with Gasteiger partial charge in [-0.1, -0.05) is 52.3 Å². The van der Waals surface area contributed by atoms with Gasteiger partial charge in [-0.2, -0.15) is 0 Å². The van der Waals surface area contributed by atoms with E-state index >= 15 is 0 Å². The van der Waals surface area contributed by atoms with E-state index in [-0.39, 0.29) is 24.4 Å². The molecule has 0 radical (unpaired) electrons. The van der Waals surface area contributed by atoms with Crippen molar-refractivity contribution in [2.24, 2.45) is 0 Å². The number of nitrogens with zero attached hydrogens (tertiary/aromatic N) is 1. The molecule has 2 unspecified atom stereocenters. The van der Waals surface area contributed by atoms with Gasteiger partial charge in [0.1, 0.15) is 12.1 Å². The fourth-order valence-corrected chi connectivity index (χ4v) is 4.37. The maximum Gasteiger partial charge on any atom is 0.325 e. The highest BCUT2D eigenvalue weighted by Gasteiger charge is 2.52. The maximum absolute atomic E-state index is 13.1. The van der Waals surface area contributed by atoms with Gasteiger partial charge in [-0.3, -0.25) is 14.5 Å². The number of nitrogens with one attached hydrogen (secondary N) is 2. The number of carbonyl (C=O) groups is 3. The minimum atomic E-state index is -0.941. The zero-order valence-corrected chi connectivity index (χ0v) is 17.7. The predicted octanol–water partition coefficient (Wildman–Crippen LogP) is 3.11. The molecular weight excluding hydrogens is 434 g/mol. The number of benzene rings is 2. The van der Waals surface area contributed by atoms with Crippen molar-refractivity contribution in [2.75, 3.05) is 6.54 Å². The van der Waals surface area contributed by atoms with Crippen LogP contribution in [0, 0.1) is 0 Å². The molecule has 2 aromatic rings. The van der Waals surface area contributed by atoms with Crippen molar-refractivity contribution in [3.63, 3.8) is 0 Å². The predicted molar refractivity (Wildman–Crippen MR) is 112 cm³/mol. The van der Waals surface area contributed by atoms with Gasteiger partial charge in [-0.15, -0.1) is 0 Å². The summed E-state index contributed by atoms with van der Waals surface area (Å²) in [7, 11) is 0. The van der Waals surface area contributed by atoms with E-state index in [0.29, 0.717) is 12.8 Å². The molecule has 6 nitrogen and oxygen atoms in total. The second-order valence-electron chi connectivity index (χ2n) is 7.69. The number of carbonyl (C=O) groups excluding carboxylic acids is 3. The maximum atomic E-state index is 13.1. The highest BCUT2D eigenvalue weighted by molar-refractivity contribution is 9.10. The Balaban J connectivity index is 1.43. The number of urea groups is 1. The van der Waals surface area contributed by atoms with Crippen LogP contribution in [0.4, 0.5) is 4.79 Å². The summed E-state index contributed by atoms with van der Waals surface area (Å²) in [5.74, 6) is -0.680. The molecule has 1 aliphatic heterocycles. The quantitative estimate of drug-likeness (QED) is 0.695. The van der Waals surface area contributed by atoms with Gasteiger partial charge < -0.3 is 10.6 Å². The summed E-state index contributed by atoms with van der Waals surface area (Å²) in [6.45, 7) is 1.58. The van der Waals surface area contributed by atoms with Crippen LogP contribution in [-0.2, 0) is 22.4 Å². The largest absolute Gasteiger partial charge is 0.348 e. The van der Waals surface area contributed by atoms with Crippen LogP contribution in [0.2, 0.25) is 0 Å². The van der Waals surface area contributed by atoms with E-state index in [0.717, 1.165) is 26.9 Å². The molecule has 2 aliphatic rings. The van der Waals surface area contributed by atoms with Gasteiger partial charge in [0.25, 0.3) is 5.91 Å². The molecule has 0 saturated carbocycles. The summed E-state index contributed by atoms with van der Waals surface area (Å²) >= 11 is 3.39. The van der Waals surface area contributed by atoms with Crippen molar-refractivity contribution in [2.45, 2.75) is 37.8 Å². The molecule has 4 rings (SSSR count). The number of rotatable bonds is 4. The lowest BCUT2D eigenvalue weighted by atomic mass is 9.78. The molecule has 2 N–H and O–H groups in total. The molecule has 1 fully saturated rings. The molecule has 2 aromatic carbocycles. The number of halogens is 1. The number of amides is 4. The fourth-order valence-electron chi connectivity index (χ4n) is 4.11. The molecule has 2 atom stereocenters. The van der Waals surface area contributed by atoms with Crippen LogP contribution in [0.3, 0.4) is 0 Å². The Hall–Kier alpha value is -2.67. The van der Waals surface area contributed by atoms with Gasteiger partial charge in [-0.25, -0.2) is 4.79 Å². The van der Waals surface area contributed by atoms with E-state index in [4.69, 9.17) is 0 Å². The molecule has 29 heavy (non-hydrogen) atoms. The van der Waals surface area contributed by atoms with Crippen molar-refractivity contribution in [1.29, 1.82) is 0 Å². The average Bonchev–Trinajstić information content (AvgIpc) is 2.92. The number of imide groups is 1. The summed E-state index contributed by atoms with van der Waals surface area (Å²) in [5, 5.41) is 5.72. The third-order valence-electron chi connectivity index (χ3n) is 5.73. The molecule has 1 heterocycles. The van der Waals surface area contributed by atoms with Crippen LogP contribution < -0.4 is 10.6 Å². The highest BCUT2D eigenvalue weighted by atomic mass is 79.9. The van der Waals surface area contributed by atoms with Crippen LogP contribution in [0.1, 0.15) is 36.1 Å². The van der Waals surface area contributed by atoms with Gasteiger partial charge in [-0.05, 0) is 48.6 Å². The first-order chi connectivity index (χ1) is 13.9. The van der Waals surface area contributed by atoms with Crippen LogP contribution in [0.15, 0.2) is 53.0 Å². The summed E-state index contributed by atoms with van der Waals surface area (Å²) in [6, 6.07) is 14.9. The van der Waals surface area contributed by atoms with E-state index in [1.807, 2.05) is 49.4 Å². The minimum Gasteiger partial charge on any atom is -0.348 e. The van der Waals surface area contributed by atoms with Gasteiger partial charge in [0.2, 0.25) is 5.91 Å². The van der Waals surface area contributed by atoms with E-state index < -0.39 is 11.6 Å². The van der Waals surface area contributed by atoms with E-state index in [1.54, 1.807) is 0 Å². The highest BCUT2D eigenvalue weighted by Crippen LogP contribution is 2.33. The first-order valence-electron chi connectivity index (χ1n) is 9.64. The van der Waals surface area contributed by atoms with E-state index in [2.05, 4.69) is 32.6 Å². The number of hydrogen-bond acceptors (Lipinski definition) is 3. The third-order valence-corrected chi connectivity index (χ3v) is 6.26. The number of fused-ring (bicyclic) bond motifs is 1. The molecule has 7 heteroatoms. The van der Waals surface area contributed by atoms with Gasteiger partial charge in [0.05, 0.1) is 6.04 Å². The Morgan fingerprint density at radius 1 is 1.17 bits per heavy atom. The van der Waals surface area contributed by atoms with Crippen LogP contribution >= 0.6 is 15.9 Å². The molecular formula is C22H22BrN3O3. The smallest absolute Gasteiger partial charge is 0.325 e. The Morgan fingerprint density at radius 2 is 1.86 bits per heavy atom. The lowest BCUT2D eigenvalue weighted by Gasteiger charge is -2.32. The molecule has 1 saturated heterocycles. The zero-order chi connectivity index (χ0) is 20.6. The summed E-state index contributed by atoms with van der Waals surface area (Å²) < 4.78 is 0.957. The average molecular weight is 456 g/mol. The third kappa shape index (κ3) is 3.79. The monoisotopic (exact) mass is 455 g/mol. The zero-order valence-electron chi connectivity index (χ0n) is 16.1. The Labute approximate surface area is 177 Å². The van der Waals surface area contributed by atoms with Crippen molar-refractivity contribution in [1.82, 2.24) is 15.5 Å². The Morgan fingerprint density at radius 3 is 2.59 bits per heavy atom. The standard InChI is InChI=1S/C22H22BrN3O3/c1-14(15-6-8-18(23)9-7-15)24-19(27)13-26-20(28)22(25-21(26)29)11-10-16-4-2-3-5-17(16)12-22/h2-9,14H,10-13H2,1H3,(H,24,27)(H,25,29). The van der Waals surface area contributed by atoms with Crippen molar-refractivity contribution < 1.29 is 14.4 Å².